The van der Waals surface area contributed by atoms with Crippen molar-refractivity contribution in [2.24, 2.45) is 11.8 Å². The predicted molar refractivity (Wildman–Crippen MR) is 132 cm³/mol. The predicted octanol–water partition coefficient (Wildman–Crippen LogP) is 2.96. The van der Waals surface area contributed by atoms with Crippen molar-refractivity contribution < 1.29 is 34.1 Å². The van der Waals surface area contributed by atoms with Gasteiger partial charge in [0.25, 0.3) is 0 Å². The summed E-state index contributed by atoms with van der Waals surface area (Å²) in [5, 5.41) is 23.5. The number of aromatic hydroxyl groups is 1. The lowest BCUT2D eigenvalue weighted by molar-refractivity contribution is -0.152. The lowest BCUT2D eigenvalue weighted by atomic mass is 9.76. The first-order chi connectivity index (χ1) is 17.7. The third kappa shape index (κ3) is 4.37. The van der Waals surface area contributed by atoms with Crippen LogP contribution in [0.25, 0.3) is 0 Å². The molecule has 9 nitrogen and oxygen atoms in total. The number of carboxylic acids is 1. The van der Waals surface area contributed by atoms with Crippen molar-refractivity contribution in [2.45, 2.75) is 63.1 Å². The Kier molecular flexibility index (Phi) is 6.49. The number of likely N-dealkylation sites (tertiary alicyclic amines) is 1. The minimum Gasteiger partial charge on any atom is -0.508 e. The second kappa shape index (κ2) is 9.63. The zero-order valence-corrected chi connectivity index (χ0v) is 20.6. The fourth-order valence-electron chi connectivity index (χ4n) is 6.29. The smallest absolute Gasteiger partial charge is 0.325 e. The van der Waals surface area contributed by atoms with E-state index in [1.54, 1.807) is 36.4 Å². The Morgan fingerprint density at radius 1 is 1.00 bits per heavy atom. The number of nitrogens with zero attached hydrogens (tertiary/aromatic N) is 1. The number of phenolic OH excluding ortho intramolecular Hbond substituents is 1. The first-order valence-electron chi connectivity index (χ1n) is 12.7. The van der Waals surface area contributed by atoms with Crippen LogP contribution < -0.4 is 10.1 Å². The number of rotatable bonds is 6. The largest absolute Gasteiger partial charge is 0.508 e. The molecule has 194 valence electrons. The monoisotopic (exact) mass is 506 g/mol. The van der Waals surface area contributed by atoms with Gasteiger partial charge in [0.15, 0.2) is 0 Å². The molecule has 0 aromatic heterocycles. The zero-order valence-electron chi connectivity index (χ0n) is 20.6. The molecule has 5 rings (SSSR count). The number of hydrogen-bond acceptors (Lipinski definition) is 7. The Morgan fingerprint density at radius 2 is 1.65 bits per heavy atom. The summed E-state index contributed by atoms with van der Waals surface area (Å²) in [5.41, 5.74) is -0.475. The van der Waals surface area contributed by atoms with Crippen molar-refractivity contribution in [3.8, 4) is 11.5 Å². The number of carbonyl (C=O) groups excluding carboxylic acids is 3. The first kappa shape index (κ1) is 25.0. The molecule has 2 heterocycles. The van der Waals surface area contributed by atoms with Crippen LogP contribution in [0.4, 0.5) is 0 Å². The molecule has 4 atom stereocenters. The van der Waals surface area contributed by atoms with Gasteiger partial charge < -0.3 is 14.9 Å². The van der Waals surface area contributed by atoms with Crippen molar-refractivity contribution >= 4 is 23.8 Å². The first-order valence-corrected chi connectivity index (χ1v) is 12.7. The van der Waals surface area contributed by atoms with Crippen molar-refractivity contribution in [1.29, 1.82) is 0 Å². The number of imide groups is 1. The van der Waals surface area contributed by atoms with Crippen LogP contribution in [0.15, 0.2) is 48.5 Å². The summed E-state index contributed by atoms with van der Waals surface area (Å²) < 4.78 is 5.12. The van der Waals surface area contributed by atoms with Crippen molar-refractivity contribution in [3.63, 3.8) is 0 Å². The summed E-state index contributed by atoms with van der Waals surface area (Å²) in [7, 11) is 0. The Hall–Kier alpha value is -3.72. The van der Waals surface area contributed by atoms with Gasteiger partial charge >= 0.3 is 11.9 Å². The van der Waals surface area contributed by atoms with Crippen LogP contribution in [-0.2, 0) is 25.6 Å². The highest BCUT2D eigenvalue weighted by atomic mass is 16.5. The molecule has 2 amide bonds. The molecule has 2 aromatic rings. The molecule has 3 N–H and O–H groups in total. The van der Waals surface area contributed by atoms with Crippen LogP contribution in [0.3, 0.4) is 0 Å². The highest BCUT2D eigenvalue weighted by Gasteiger charge is 2.69. The fraction of sp³-hybridized carbons (Fsp3) is 0.429. The molecule has 0 spiro atoms. The van der Waals surface area contributed by atoms with E-state index in [0.29, 0.717) is 16.9 Å². The highest BCUT2D eigenvalue weighted by Crippen LogP contribution is 2.51. The maximum atomic E-state index is 13.9. The number of hydrogen-bond donors (Lipinski definition) is 3. The van der Waals surface area contributed by atoms with E-state index in [4.69, 9.17) is 4.74 Å². The molecule has 0 bridgehead atoms. The zero-order chi connectivity index (χ0) is 26.3. The number of aliphatic carboxylic acids is 1. The van der Waals surface area contributed by atoms with E-state index in [9.17, 15) is 29.4 Å². The minimum absolute atomic E-state index is 0.0384. The van der Waals surface area contributed by atoms with Gasteiger partial charge in [-0.25, -0.2) is 0 Å². The summed E-state index contributed by atoms with van der Waals surface area (Å²) >= 11 is 0. The quantitative estimate of drug-likeness (QED) is 0.309. The van der Waals surface area contributed by atoms with Crippen molar-refractivity contribution in [3.05, 3.63) is 59.7 Å². The summed E-state index contributed by atoms with van der Waals surface area (Å²) in [6, 6.07) is 11.8. The number of fused-ring (bicyclic) bond motifs is 1. The lowest BCUT2D eigenvalue weighted by Crippen LogP contribution is -2.58. The van der Waals surface area contributed by atoms with Gasteiger partial charge in [-0.15, -0.1) is 0 Å². The lowest BCUT2D eigenvalue weighted by Gasteiger charge is -2.34. The topological polar surface area (TPSA) is 133 Å². The molecule has 2 aromatic carbocycles. The Labute approximate surface area is 214 Å². The number of benzene rings is 2. The molecular formula is C28H30N2O7. The Balaban J connectivity index is 1.57. The molecule has 3 fully saturated rings. The number of phenols is 1. The maximum Gasteiger partial charge on any atom is 0.325 e. The number of amides is 2. The second-order valence-corrected chi connectivity index (χ2v) is 10.2. The van der Waals surface area contributed by atoms with E-state index in [-0.39, 0.29) is 24.1 Å². The molecule has 2 aliphatic heterocycles. The second-order valence-electron chi connectivity index (χ2n) is 10.2. The maximum absolute atomic E-state index is 13.9. The van der Waals surface area contributed by atoms with Gasteiger partial charge in [0.2, 0.25) is 11.8 Å². The average molecular weight is 507 g/mol. The summed E-state index contributed by atoms with van der Waals surface area (Å²) in [5.74, 6) is -4.05. The van der Waals surface area contributed by atoms with Crippen molar-refractivity contribution in [2.75, 3.05) is 0 Å². The minimum atomic E-state index is -1.73. The van der Waals surface area contributed by atoms with Crippen LogP contribution in [0.1, 0.15) is 56.2 Å². The molecule has 3 aliphatic rings. The van der Waals surface area contributed by atoms with Gasteiger partial charge in [-0.05, 0) is 48.2 Å². The molecule has 37 heavy (non-hydrogen) atoms. The van der Waals surface area contributed by atoms with Crippen LogP contribution in [-0.4, -0.2) is 50.4 Å². The number of nitrogens with one attached hydrogen (secondary N) is 1. The van der Waals surface area contributed by atoms with Gasteiger partial charge in [0.05, 0.1) is 11.8 Å². The van der Waals surface area contributed by atoms with Gasteiger partial charge in [0.1, 0.15) is 17.0 Å². The molecule has 1 aliphatic carbocycles. The average Bonchev–Trinajstić information content (AvgIpc) is 3.35. The molecule has 2 saturated heterocycles. The van der Waals surface area contributed by atoms with E-state index in [1.165, 1.54) is 24.0 Å². The molecule has 4 unspecified atom stereocenters. The molecule has 1 saturated carbocycles. The Morgan fingerprint density at radius 3 is 2.24 bits per heavy atom. The molecular weight excluding hydrogens is 476 g/mol. The molecule has 9 heteroatoms. The summed E-state index contributed by atoms with van der Waals surface area (Å²) in [6.45, 7) is 1.30. The highest BCUT2D eigenvalue weighted by molar-refractivity contribution is 6.09. The summed E-state index contributed by atoms with van der Waals surface area (Å²) in [4.78, 5) is 53.4. The molecule has 0 radical (unpaired) electrons. The van der Waals surface area contributed by atoms with Crippen LogP contribution in [0.2, 0.25) is 0 Å². The standard InChI is InChI=1S/C28H30N2O7/c1-16(31)37-21-13-9-18(10-14-21)24-22-23(26(34)30(25(22)33)19-5-3-2-4-6-19)28(29-24,27(35)36)15-17-7-11-20(32)12-8-17/h7-14,19,22-24,29,32H,2-6,15H2,1H3,(H,35,36). The number of carboxylic acid groups (broad SMARTS) is 1. The van der Waals surface area contributed by atoms with Crippen LogP contribution >= 0.6 is 0 Å². The third-order valence-corrected chi connectivity index (χ3v) is 7.93. The van der Waals surface area contributed by atoms with Crippen LogP contribution in [0.5, 0.6) is 11.5 Å². The van der Waals surface area contributed by atoms with Gasteiger partial charge in [-0.3, -0.25) is 29.4 Å². The number of esters is 1. The number of ether oxygens (including phenoxy) is 1. The normalized spacial score (nSPS) is 27.8. The van der Waals surface area contributed by atoms with E-state index in [0.717, 1.165) is 32.1 Å². The SMILES string of the molecule is CC(=O)Oc1ccc(C2NC(Cc3ccc(O)cc3)(C(=O)O)C3C(=O)N(C4CCCCC4)C(=O)C23)cc1. The van der Waals surface area contributed by atoms with E-state index >= 15 is 0 Å². The Bertz CT molecular complexity index is 1220. The fourth-order valence-corrected chi connectivity index (χ4v) is 6.29. The van der Waals surface area contributed by atoms with E-state index < -0.39 is 41.3 Å². The van der Waals surface area contributed by atoms with Gasteiger partial charge in [0, 0.05) is 25.4 Å². The van der Waals surface area contributed by atoms with Gasteiger partial charge in [-0.2, -0.15) is 0 Å². The summed E-state index contributed by atoms with van der Waals surface area (Å²) in [6.07, 6.45) is 4.32. The van der Waals surface area contributed by atoms with Gasteiger partial charge in [-0.1, -0.05) is 43.5 Å². The van der Waals surface area contributed by atoms with E-state index in [1.807, 2.05) is 0 Å². The number of carbonyl (C=O) groups is 4. The van der Waals surface area contributed by atoms with Crippen molar-refractivity contribution in [1.82, 2.24) is 10.2 Å². The van der Waals surface area contributed by atoms with E-state index in [2.05, 4.69) is 5.32 Å². The van der Waals surface area contributed by atoms with Crippen LogP contribution in [0, 0.1) is 11.8 Å². The third-order valence-electron chi connectivity index (χ3n) is 7.93.